The van der Waals surface area contributed by atoms with Crippen LogP contribution in [0.5, 0.6) is 0 Å². The Morgan fingerprint density at radius 2 is 2.06 bits per heavy atom. The molecule has 3 heterocycles. The zero-order chi connectivity index (χ0) is 21.5. The van der Waals surface area contributed by atoms with Crippen molar-refractivity contribution in [3.05, 3.63) is 52.7 Å². The Kier molecular flexibility index (Phi) is 4.84. The molecule has 2 aromatic rings. The zero-order valence-electron chi connectivity index (χ0n) is 17.4. The van der Waals surface area contributed by atoms with Crippen LogP contribution in [0.15, 0.2) is 30.3 Å². The largest absolute Gasteiger partial charge is 0.383 e. The molecule has 7 nitrogen and oxygen atoms in total. The third-order valence-corrected chi connectivity index (χ3v) is 6.58. The number of methoxy groups -OCH3 is 1. The molecule has 1 saturated heterocycles. The number of ether oxygens (including phenoxy) is 1. The number of pyridine rings is 1. The number of hydrogen-bond donors (Lipinski definition) is 0. The molecule has 0 unspecified atom stereocenters. The molecule has 7 heteroatoms. The summed E-state index contributed by atoms with van der Waals surface area (Å²) in [5, 5.41) is 18.8. The molecule has 0 N–H and O–H groups in total. The third kappa shape index (κ3) is 3.41. The maximum atomic E-state index is 13.3. The Morgan fingerprint density at radius 1 is 1.23 bits per heavy atom. The van der Waals surface area contributed by atoms with Crippen molar-refractivity contribution in [2.75, 3.05) is 20.3 Å². The first kappa shape index (κ1) is 19.5. The molecule has 0 spiro atoms. The van der Waals surface area contributed by atoms with Gasteiger partial charge < -0.3 is 14.5 Å². The molecule has 5 rings (SSSR count). The highest BCUT2D eigenvalue weighted by atomic mass is 16.5. The lowest BCUT2D eigenvalue weighted by Crippen LogP contribution is -2.37. The van der Waals surface area contributed by atoms with E-state index in [-0.39, 0.29) is 18.0 Å². The SMILES string of the molecule is COC[C@@H]1C[C@@H](N2Cc3ccc(-c4cc(C#N)ccc4C4CC4)nc3C2=O)CN1C#N. The van der Waals surface area contributed by atoms with Gasteiger partial charge in [0.25, 0.3) is 5.91 Å². The average molecular weight is 413 g/mol. The van der Waals surface area contributed by atoms with Crippen molar-refractivity contribution >= 4 is 5.91 Å². The van der Waals surface area contributed by atoms with E-state index in [4.69, 9.17) is 9.72 Å². The van der Waals surface area contributed by atoms with Crippen molar-refractivity contribution in [1.82, 2.24) is 14.8 Å². The highest BCUT2D eigenvalue weighted by Crippen LogP contribution is 2.44. The van der Waals surface area contributed by atoms with Gasteiger partial charge in [0.15, 0.2) is 6.19 Å². The van der Waals surface area contributed by atoms with E-state index >= 15 is 0 Å². The number of nitrogens with zero attached hydrogens (tertiary/aromatic N) is 5. The van der Waals surface area contributed by atoms with Gasteiger partial charge in [-0.3, -0.25) is 4.79 Å². The van der Waals surface area contributed by atoms with Crippen LogP contribution in [0.3, 0.4) is 0 Å². The molecule has 1 saturated carbocycles. The van der Waals surface area contributed by atoms with E-state index in [0.29, 0.717) is 43.3 Å². The second kappa shape index (κ2) is 7.68. The molecule has 156 valence electrons. The standard InChI is InChI=1S/C24H23N5O2/c1-31-13-19-9-18(12-28(19)14-26)29-11-17-5-7-22(27-23(17)24(29)30)21-8-15(10-25)2-6-20(21)16-3-4-16/h2,5-8,16,18-19H,3-4,9,11-13H2,1H3/t18-,19+/m1/s1. The van der Waals surface area contributed by atoms with Crippen molar-refractivity contribution in [3.8, 4) is 23.5 Å². The van der Waals surface area contributed by atoms with Gasteiger partial charge in [-0.15, -0.1) is 0 Å². The van der Waals surface area contributed by atoms with Gasteiger partial charge in [-0.2, -0.15) is 10.5 Å². The van der Waals surface area contributed by atoms with Crippen molar-refractivity contribution in [2.45, 2.75) is 43.8 Å². The Hall–Kier alpha value is -3.42. The summed E-state index contributed by atoms with van der Waals surface area (Å²) >= 11 is 0. The minimum absolute atomic E-state index is 0.00476. The fourth-order valence-electron chi connectivity index (χ4n) is 4.83. The first-order chi connectivity index (χ1) is 15.1. The summed E-state index contributed by atoms with van der Waals surface area (Å²) in [6, 6.07) is 11.9. The van der Waals surface area contributed by atoms with Gasteiger partial charge in [0, 0.05) is 31.3 Å². The number of fused-ring (bicyclic) bond motifs is 1. The lowest BCUT2D eigenvalue weighted by atomic mass is 9.97. The number of hydrogen-bond acceptors (Lipinski definition) is 6. The normalized spacial score (nSPS) is 22.4. The monoisotopic (exact) mass is 413 g/mol. The van der Waals surface area contributed by atoms with Gasteiger partial charge in [0.2, 0.25) is 0 Å². The topological polar surface area (TPSA) is 93.2 Å². The summed E-state index contributed by atoms with van der Waals surface area (Å²) < 4.78 is 5.25. The van der Waals surface area contributed by atoms with Gasteiger partial charge in [0.05, 0.1) is 36.0 Å². The Labute approximate surface area is 181 Å². The molecule has 31 heavy (non-hydrogen) atoms. The van der Waals surface area contributed by atoms with Gasteiger partial charge in [-0.25, -0.2) is 4.98 Å². The van der Waals surface area contributed by atoms with Gasteiger partial charge in [-0.1, -0.05) is 12.1 Å². The molecule has 0 bridgehead atoms. The summed E-state index contributed by atoms with van der Waals surface area (Å²) in [5.74, 6) is 0.431. The molecule has 1 amide bonds. The Bertz CT molecular complexity index is 1130. The van der Waals surface area contributed by atoms with Crippen LogP contribution in [0.4, 0.5) is 0 Å². The number of carbonyl (C=O) groups is 1. The summed E-state index contributed by atoms with van der Waals surface area (Å²) in [6.45, 7) is 1.51. The van der Waals surface area contributed by atoms with Crippen LogP contribution < -0.4 is 0 Å². The molecular formula is C24H23N5O2. The predicted molar refractivity (Wildman–Crippen MR) is 113 cm³/mol. The molecule has 1 aromatic carbocycles. The van der Waals surface area contributed by atoms with Crippen LogP contribution in [-0.2, 0) is 11.3 Å². The molecule has 1 aromatic heterocycles. The first-order valence-electron chi connectivity index (χ1n) is 10.6. The molecule has 0 radical (unpaired) electrons. The first-order valence-corrected chi connectivity index (χ1v) is 10.6. The summed E-state index contributed by atoms with van der Waals surface area (Å²) in [5.41, 5.74) is 4.90. The van der Waals surface area contributed by atoms with Crippen LogP contribution in [-0.4, -0.2) is 53.0 Å². The minimum atomic E-state index is -0.0813. The maximum absolute atomic E-state index is 13.3. The number of benzene rings is 1. The Balaban J connectivity index is 1.44. The lowest BCUT2D eigenvalue weighted by Gasteiger charge is -2.22. The molecule has 3 aliphatic rings. The van der Waals surface area contributed by atoms with E-state index in [1.54, 1.807) is 12.0 Å². The minimum Gasteiger partial charge on any atom is -0.383 e. The summed E-state index contributed by atoms with van der Waals surface area (Å²) in [6.07, 6.45) is 5.24. The zero-order valence-corrected chi connectivity index (χ0v) is 17.4. The van der Waals surface area contributed by atoms with Crippen molar-refractivity contribution in [2.24, 2.45) is 0 Å². The van der Waals surface area contributed by atoms with E-state index in [1.807, 2.05) is 35.2 Å². The van der Waals surface area contributed by atoms with Crippen LogP contribution in [0.2, 0.25) is 0 Å². The molecule has 2 aliphatic heterocycles. The summed E-state index contributed by atoms with van der Waals surface area (Å²) in [4.78, 5) is 21.6. The molecule has 1 aliphatic carbocycles. The van der Waals surface area contributed by atoms with Crippen molar-refractivity contribution in [3.63, 3.8) is 0 Å². The van der Waals surface area contributed by atoms with Crippen LogP contribution in [0.25, 0.3) is 11.3 Å². The fourth-order valence-corrected chi connectivity index (χ4v) is 4.83. The third-order valence-electron chi connectivity index (χ3n) is 6.58. The number of rotatable bonds is 5. The summed E-state index contributed by atoms with van der Waals surface area (Å²) in [7, 11) is 1.63. The highest BCUT2D eigenvalue weighted by molar-refractivity contribution is 5.97. The second-order valence-electron chi connectivity index (χ2n) is 8.58. The number of aromatic nitrogens is 1. The van der Waals surface area contributed by atoms with Gasteiger partial charge in [-0.05, 0) is 48.9 Å². The molecular weight excluding hydrogens is 390 g/mol. The van der Waals surface area contributed by atoms with E-state index in [2.05, 4.69) is 12.3 Å². The average Bonchev–Trinajstić information content (AvgIpc) is 3.49. The predicted octanol–water partition coefficient (Wildman–Crippen LogP) is 3.02. The van der Waals surface area contributed by atoms with Crippen LogP contribution in [0.1, 0.15) is 52.4 Å². The van der Waals surface area contributed by atoms with Crippen molar-refractivity contribution in [1.29, 1.82) is 10.5 Å². The van der Waals surface area contributed by atoms with E-state index in [1.165, 1.54) is 5.56 Å². The second-order valence-corrected chi connectivity index (χ2v) is 8.58. The number of likely N-dealkylation sites (tertiary alicyclic amines) is 1. The van der Waals surface area contributed by atoms with Gasteiger partial charge in [0.1, 0.15) is 5.69 Å². The van der Waals surface area contributed by atoms with Crippen molar-refractivity contribution < 1.29 is 9.53 Å². The number of amides is 1. The smallest absolute Gasteiger partial charge is 0.273 e. The van der Waals surface area contributed by atoms with Crippen LogP contribution >= 0.6 is 0 Å². The number of nitriles is 2. The lowest BCUT2D eigenvalue weighted by molar-refractivity contribution is 0.0705. The van der Waals surface area contributed by atoms with E-state index in [9.17, 15) is 15.3 Å². The number of carbonyl (C=O) groups excluding carboxylic acids is 1. The Morgan fingerprint density at radius 3 is 2.77 bits per heavy atom. The quantitative estimate of drug-likeness (QED) is 0.700. The maximum Gasteiger partial charge on any atom is 0.273 e. The molecule has 2 fully saturated rings. The van der Waals surface area contributed by atoms with E-state index in [0.717, 1.165) is 29.7 Å². The van der Waals surface area contributed by atoms with E-state index < -0.39 is 0 Å². The van der Waals surface area contributed by atoms with Gasteiger partial charge >= 0.3 is 0 Å². The van der Waals surface area contributed by atoms with Crippen LogP contribution in [0, 0.1) is 22.8 Å². The highest BCUT2D eigenvalue weighted by Gasteiger charge is 2.41. The molecule has 2 atom stereocenters. The fraction of sp³-hybridized carbons (Fsp3) is 0.417.